The molecule has 1 unspecified atom stereocenters. The maximum absolute atomic E-state index is 9.49. The van der Waals surface area contributed by atoms with Gasteiger partial charge in [0, 0.05) is 0 Å². The van der Waals surface area contributed by atoms with Crippen LogP contribution in [0.1, 0.15) is 0 Å². The van der Waals surface area contributed by atoms with Crippen LogP contribution in [-0.2, 0) is 4.57 Å². The zero-order chi connectivity index (χ0) is 4.99. The highest BCUT2D eigenvalue weighted by Gasteiger charge is 1.72. The van der Waals surface area contributed by atoms with Crippen LogP contribution in [0.3, 0.4) is 0 Å². The van der Waals surface area contributed by atoms with E-state index in [9.17, 15) is 4.57 Å². The van der Waals surface area contributed by atoms with Gasteiger partial charge in [-0.1, -0.05) is 0 Å². The average Bonchev–Trinajstić information content (AvgIpc) is 1.35. The molecule has 0 saturated carbocycles. The van der Waals surface area contributed by atoms with E-state index in [4.69, 9.17) is 11.1 Å². The van der Waals surface area contributed by atoms with Gasteiger partial charge in [0.05, 0.1) is 0 Å². The van der Waals surface area contributed by atoms with Crippen molar-refractivity contribution in [1.82, 2.24) is 5.09 Å². The summed E-state index contributed by atoms with van der Waals surface area (Å²) >= 11 is 0. The van der Waals surface area contributed by atoms with Crippen LogP contribution in [0.4, 0.5) is 0 Å². The van der Waals surface area contributed by atoms with Crippen molar-refractivity contribution in [3.63, 3.8) is 0 Å². The molecular formula is CH6N3OP. The number of guanidine groups is 1. The molecule has 0 aliphatic heterocycles. The second-order valence-corrected chi connectivity index (χ2v) is 1.20. The normalized spacial score (nSPS) is 9.33. The Labute approximate surface area is 36.5 Å². The molecule has 0 bridgehead atoms. The van der Waals surface area contributed by atoms with E-state index in [0.29, 0.717) is 0 Å². The van der Waals surface area contributed by atoms with E-state index < -0.39 is 8.61 Å². The third-order valence-electron chi connectivity index (χ3n) is 0.214. The van der Waals surface area contributed by atoms with E-state index >= 15 is 0 Å². The molecule has 4 N–H and O–H groups in total. The second-order valence-electron chi connectivity index (χ2n) is 0.676. The highest BCUT2D eigenvalue weighted by Crippen LogP contribution is 1.73. The number of hydrogen-bond acceptors (Lipinski definition) is 2. The first-order valence-corrected chi connectivity index (χ1v) is 2.36. The SMILES string of the molecule is N=C(N)N[PH2]=O. The molecule has 0 radical (unpaired) electrons. The van der Waals surface area contributed by atoms with Crippen LogP contribution in [-0.4, -0.2) is 5.96 Å². The van der Waals surface area contributed by atoms with Crippen LogP contribution >= 0.6 is 8.61 Å². The third-order valence-corrected chi connectivity index (χ3v) is 0.643. The zero-order valence-corrected chi connectivity index (χ0v) is 4.22. The molecule has 0 aromatic carbocycles. The molecule has 0 aromatic heterocycles. The number of rotatable bonds is 1. The Morgan fingerprint density at radius 3 is 2.50 bits per heavy atom. The topological polar surface area (TPSA) is 79.0 Å². The fourth-order valence-electron chi connectivity index (χ4n) is 0.0635. The zero-order valence-electron chi connectivity index (χ0n) is 3.06. The molecule has 0 rings (SSSR count). The molecule has 4 nitrogen and oxygen atoms in total. The van der Waals surface area contributed by atoms with Crippen LogP contribution in [0.25, 0.3) is 0 Å². The van der Waals surface area contributed by atoms with E-state index in [-0.39, 0.29) is 5.96 Å². The molecule has 1 atom stereocenters. The highest BCUT2D eigenvalue weighted by molar-refractivity contribution is 7.22. The van der Waals surface area contributed by atoms with Gasteiger partial charge in [-0.3, -0.25) is 5.41 Å². The van der Waals surface area contributed by atoms with Crippen molar-refractivity contribution in [3.8, 4) is 0 Å². The van der Waals surface area contributed by atoms with Crippen LogP contribution in [0, 0.1) is 5.41 Å². The average molecular weight is 107 g/mol. The van der Waals surface area contributed by atoms with Crippen molar-refractivity contribution in [1.29, 1.82) is 5.41 Å². The van der Waals surface area contributed by atoms with Gasteiger partial charge in [-0.25, -0.2) is 0 Å². The molecule has 0 aliphatic carbocycles. The molecule has 36 valence electrons. The first kappa shape index (κ1) is 5.50. The Hall–Kier alpha value is -0.500. The lowest BCUT2D eigenvalue weighted by Crippen LogP contribution is -2.21. The number of nitrogens with two attached hydrogens (primary N) is 1. The van der Waals surface area contributed by atoms with E-state index in [0.717, 1.165) is 0 Å². The Balaban J connectivity index is 3.05. The van der Waals surface area contributed by atoms with E-state index in [1.165, 1.54) is 0 Å². The molecule has 0 saturated heterocycles. The van der Waals surface area contributed by atoms with Gasteiger partial charge in [-0.2, -0.15) is 0 Å². The van der Waals surface area contributed by atoms with E-state index in [2.05, 4.69) is 5.09 Å². The lowest BCUT2D eigenvalue weighted by Gasteiger charge is -1.85. The minimum atomic E-state index is -1.10. The minimum absolute atomic E-state index is 0.236. The highest BCUT2D eigenvalue weighted by atomic mass is 31.1. The summed E-state index contributed by atoms with van der Waals surface area (Å²) in [5.41, 5.74) is 4.70. The van der Waals surface area contributed by atoms with Gasteiger partial charge in [0.1, 0.15) is 8.61 Å². The molecule has 6 heavy (non-hydrogen) atoms. The minimum Gasteiger partial charge on any atom is -0.370 e. The molecule has 0 aliphatic rings. The maximum Gasteiger partial charge on any atom is 0.190 e. The van der Waals surface area contributed by atoms with Crippen LogP contribution in [0.2, 0.25) is 0 Å². The lowest BCUT2D eigenvalue weighted by atomic mass is 11.1. The predicted octanol–water partition coefficient (Wildman–Crippen LogP) is -0.859. The fraction of sp³-hybridized carbons (Fsp3) is 0. The summed E-state index contributed by atoms with van der Waals surface area (Å²) in [6.07, 6.45) is 0. The molecule has 0 amide bonds. The smallest absolute Gasteiger partial charge is 0.190 e. The predicted molar refractivity (Wildman–Crippen MR) is 25.4 cm³/mol. The van der Waals surface area contributed by atoms with Gasteiger partial charge in [0.15, 0.2) is 5.96 Å². The van der Waals surface area contributed by atoms with Crippen molar-refractivity contribution >= 4 is 14.6 Å². The summed E-state index contributed by atoms with van der Waals surface area (Å²) in [7, 11) is -1.10. The summed E-state index contributed by atoms with van der Waals surface area (Å²) in [6.45, 7) is 0. The Bertz CT molecular complexity index is 71.2. The number of hydrogen-bond donors (Lipinski definition) is 3. The summed E-state index contributed by atoms with van der Waals surface area (Å²) in [5, 5.41) is 8.48. The summed E-state index contributed by atoms with van der Waals surface area (Å²) in [6, 6.07) is 0. The Morgan fingerprint density at radius 2 is 2.50 bits per heavy atom. The number of nitrogens with one attached hydrogen (secondary N) is 2. The van der Waals surface area contributed by atoms with Crippen LogP contribution in [0.5, 0.6) is 0 Å². The first-order chi connectivity index (χ1) is 2.77. The van der Waals surface area contributed by atoms with Gasteiger partial charge >= 0.3 is 0 Å². The summed E-state index contributed by atoms with van der Waals surface area (Å²) in [4.78, 5) is 0. The van der Waals surface area contributed by atoms with Gasteiger partial charge in [0.2, 0.25) is 0 Å². The van der Waals surface area contributed by atoms with Crippen molar-refractivity contribution in [2.24, 2.45) is 5.73 Å². The van der Waals surface area contributed by atoms with Crippen LogP contribution in [0.15, 0.2) is 0 Å². The van der Waals surface area contributed by atoms with Crippen molar-refractivity contribution in [2.45, 2.75) is 0 Å². The fourth-order valence-corrected chi connectivity index (χ4v) is 0.190. The molecule has 0 spiro atoms. The van der Waals surface area contributed by atoms with Crippen molar-refractivity contribution in [2.75, 3.05) is 0 Å². The monoisotopic (exact) mass is 107 g/mol. The molecular weight excluding hydrogens is 101 g/mol. The van der Waals surface area contributed by atoms with Gasteiger partial charge in [-0.15, -0.1) is 0 Å². The molecule has 5 heteroatoms. The second kappa shape index (κ2) is 2.72. The van der Waals surface area contributed by atoms with E-state index in [1.54, 1.807) is 0 Å². The molecule has 0 aromatic rings. The van der Waals surface area contributed by atoms with Gasteiger partial charge in [0.25, 0.3) is 0 Å². The first-order valence-electron chi connectivity index (χ1n) is 1.31. The summed E-state index contributed by atoms with van der Waals surface area (Å²) in [5.74, 6) is -0.236. The largest absolute Gasteiger partial charge is 0.370 e. The molecule has 0 fully saturated rings. The third kappa shape index (κ3) is 3.50. The molecule has 0 heterocycles. The summed E-state index contributed by atoms with van der Waals surface area (Å²) < 4.78 is 9.49. The van der Waals surface area contributed by atoms with E-state index in [1.807, 2.05) is 0 Å². The van der Waals surface area contributed by atoms with Crippen LogP contribution < -0.4 is 10.8 Å². The maximum atomic E-state index is 9.49. The Morgan fingerprint density at radius 1 is 2.00 bits per heavy atom. The Kier molecular flexibility index (Phi) is 2.50. The standard InChI is InChI=1S/CH6N3OP/c2-1(3)4-6-5/h6H2,(H4,2,3,4,5). The van der Waals surface area contributed by atoms with Crippen molar-refractivity contribution in [3.05, 3.63) is 0 Å². The van der Waals surface area contributed by atoms with Gasteiger partial charge < -0.3 is 15.4 Å². The lowest BCUT2D eigenvalue weighted by molar-refractivity contribution is 0.597. The quantitative estimate of drug-likeness (QED) is 0.232. The van der Waals surface area contributed by atoms with Gasteiger partial charge in [-0.05, 0) is 0 Å². The van der Waals surface area contributed by atoms with Crippen molar-refractivity contribution < 1.29 is 4.57 Å².